The number of rotatable bonds is 8. The Hall–Kier alpha value is -2.89. The Bertz CT molecular complexity index is 662. The van der Waals surface area contributed by atoms with Gasteiger partial charge in [0.15, 0.2) is 11.5 Å². The summed E-state index contributed by atoms with van der Waals surface area (Å²) in [5.41, 5.74) is 1.27. The lowest BCUT2D eigenvalue weighted by Gasteiger charge is -2.17. The molecule has 2 aromatic rings. The normalized spacial score (nSPS) is 10.0. The molecule has 2 rings (SSSR count). The van der Waals surface area contributed by atoms with E-state index in [-0.39, 0.29) is 6.03 Å². The maximum atomic E-state index is 12.2. The van der Waals surface area contributed by atoms with Gasteiger partial charge in [0.05, 0.1) is 25.5 Å². The van der Waals surface area contributed by atoms with Crippen LogP contribution in [0.25, 0.3) is 0 Å². The third-order valence-corrected chi connectivity index (χ3v) is 3.20. The van der Waals surface area contributed by atoms with Crippen molar-refractivity contribution in [1.82, 2.24) is 0 Å². The van der Waals surface area contributed by atoms with Crippen LogP contribution in [0.5, 0.6) is 17.2 Å². The maximum absolute atomic E-state index is 12.2. The average molecular weight is 344 g/mol. The van der Waals surface area contributed by atoms with E-state index in [1.165, 1.54) is 0 Å². The van der Waals surface area contributed by atoms with Gasteiger partial charge in [0.25, 0.3) is 0 Å². The molecular formula is C19H24N2O4. The number of benzene rings is 2. The molecule has 2 amide bonds. The number of carbonyl (C=O) groups is 1. The Balaban J connectivity index is 2.22. The Morgan fingerprint density at radius 3 is 1.84 bits per heavy atom. The fraction of sp³-hybridized carbons (Fsp3) is 0.316. The van der Waals surface area contributed by atoms with Crippen molar-refractivity contribution in [3.63, 3.8) is 0 Å². The average Bonchev–Trinajstić information content (AvgIpc) is 2.59. The lowest BCUT2D eigenvalue weighted by molar-refractivity contribution is 0.260. The van der Waals surface area contributed by atoms with Gasteiger partial charge in [-0.2, -0.15) is 0 Å². The number of urea groups is 1. The molecule has 0 radical (unpaired) electrons. The summed E-state index contributed by atoms with van der Waals surface area (Å²) in [5.74, 6) is 1.61. The van der Waals surface area contributed by atoms with E-state index in [1.807, 2.05) is 51.1 Å². The van der Waals surface area contributed by atoms with Crippen LogP contribution in [0.15, 0.2) is 42.5 Å². The first kappa shape index (κ1) is 18.4. The van der Waals surface area contributed by atoms with E-state index < -0.39 is 0 Å². The Morgan fingerprint density at radius 2 is 1.32 bits per heavy atom. The molecule has 6 nitrogen and oxygen atoms in total. The second-order valence-corrected chi connectivity index (χ2v) is 5.05. The molecule has 25 heavy (non-hydrogen) atoms. The van der Waals surface area contributed by atoms with E-state index in [2.05, 4.69) is 10.6 Å². The van der Waals surface area contributed by atoms with Crippen molar-refractivity contribution in [2.45, 2.75) is 20.8 Å². The summed E-state index contributed by atoms with van der Waals surface area (Å²) >= 11 is 0. The molecule has 0 bridgehead atoms. The largest absolute Gasteiger partial charge is 0.490 e. The van der Waals surface area contributed by atoms with E-state index in [1.54, 1.807) is 12.1 Å². The van der Waals surface area contributed by atoms with Crippen LogP contribution in [0.3, 0.4) is 0 Å². The number of hydrogen-bond acceptors (Lipinski definition) is 4. The molecule has 0 aromatic heterocycles. The van der Waals surface area contributed by atoms with Gasteiger partial charge in [-0.1, -0.05) is 18.2 Å². The molecule has 0 spiro atoms. The quantitative estimate of drug-likeness (QED) is 0.738. The predicted octanol–water partition coefficient (Wildman–Crippen LogP) is 4.53. The summed E-state index contributed by atoms with van der Waals surface area (Å²) in [6.07, 6.45) is 0. The van der Waals surface area contributed by atoms with Gasteiger partial charge in [-0.15, -0.1) is 0 Å². The van der Waals surface area contributed by atoms with Crippen molar-refractivity contribution in [2.75, 3.05) is 30.5 Å². The zero-order valence-electron chi connectivity index (χ0n) is 14.8. The summed E-state index contributed by atoms with van der Waals surface area (Å²) in [5, 5.41) is 5.56. The molecule has 0 aliphatic rings. The standard InChI is InChI=1S/C19H24N2O4/c1-4-23-16-12-15(13-17(24-5-2)18(16)25-6-3)21-19(22)20-14-10-8-7-9-11-14/h7-13H,4-6H2,1-3H3,(H2,20,21,22). The highest BCUT2D eigenvalue weighted by molar-refractivity contribution is 6.00. The van der Waals surface area contributed by atoms with Gasteiger partial charge in [0.1, 0.15) is 0 Å². The monoisotopic (exact) mass is 344 g/mol. The molecule has 0 atom stereocenters. The minimum Gasteiger partial charge on any atom is -0.490 e. The smallest absolute Gasteiger partial charge is 0.323 e. The van der Waals surface area contributed by atoms with Crippen LogP contribution >= 0.6 is 0 Å². The number of amides is 2. The van der Waals surface area contributed by atoms with Crippen molar-refractivity contribution in [1.29, 1.82) is 0 Å². The molecule has 134 valence electrons. The predicted molar refractivity (Wildman–Crippen MR) is 99.0 cm³/mol. The van der Waals surface area contributed by atoms with Gasteiger partial charge in [-0.05, 0) is 32.9 Å². The van der Waals surface area contributed by atoms with Crippen LogP contribution in [0.4, 0.5) is 16.2 Å². The molecule has 0 unspecified atom stereocenters. The number of ether oxygens (including phenoxy) is 3. The SMILES string of the molecule is CCOc1cc(NC(=O)Nc2ccccc2)cc(OCC)c1OCC. The Morgan fingerprint density at radius 1 is 0.800 bits per heavy atom. The van der Waals surface area contributed by atoms with E-state index >= 15 is 0 Å². The first-order chi connectivity index (χ1) is 12.2. The molecule has 0 aliphatic heterocycles. The highest BCUT2D eigenvalue weighted by atomic mass is 16.5. The minimum atomic E-state index is -0.347. The van der Waals surface area contributed by atoms with Gasteiger partial charge < -0.3 is 24.8 Å². The number of anilines is 2. The van der Waals surface area contributed by atoms with Crippen molar-refractivity contribution in [3.8, 4) is 17.2 Å². The fourth-order valence-corrected chi connectivity index (χ4v) is 2.28. The first-order valence-electron chi connectivity index (χ1n) is 8.37. The lowest BCUT2D eigenvalue weighted by atomic mass is 10.2. The maximum Gasteiger partial charge on any atom is 0.323 e. The lowest BCUT2D eigenvalue weighted by Crippen LogP contribution is -2.19. The summed E-state index contributed by atoms with van der Waals surface area (Å²) in [4.78, 5) is 12.2. The third-order valence-electron chi connectivity index (χ3n) is 3.20. The van der Waals surface area contributed by atoms with Gasteiger partial charge in [0, 0.05) is 17.8 Å². The van der Waals surface area contributed by atoms with Gasteiger partial charge in [-0.25, -0.2) is 4.79 Å². The highest BCUT2D eigenvalue weighted by Crippen LogP contribution is 2.40. The molecule has 2 aromatic carbocycles. The van der Waals surface area contributed by atoms with E-state index in [9.17, 15) is 4.79 Å². The van der Waals surface area contributed by atoms with Gasteiger partial charge in [-0.3, -0.25) is 0 Å². The number of carbonyl (C=O) groups excluding carboxylic acids is 1. The minimum absolute atomic E-state index is 0.347. The van der Waals surface area contributed by atoms with Crippen LogP contribution in [-0.2, 0) is 0 Å². The van der Waals surface area contributed by atoms with Crippen LogP contribution in [0.1, 0.15) is 20.8 Å². The van der Waals surface area contributed by atoms with Crippen molar-refractivity contribution in [3.05, 3.63) is 42.5 Å². The number of nitrogens with one attached hydrogen (secondary N) is 2. The van der Waals surface area contributed by atoms with Crippen LogP contribution in [0.2, 0.25) is 0 Å². The Kier molecular flexibility index (Phi) is 6.95. The zero-order chi connectivity index (χ0) is 18.1. The topological polar surface area (TPSA) is 68.8 Å². The second-order valence-electron chi connectivity index (χ2n) is 5.05. The zero-order valence-corrected chi connectivity index (χ0v) is 14.8. The third kappa shape index (κ3) is 5.31. The summed E-state index contributed by atoms with van der Waals surface area (Å²) in [6, 6.07) is 12.3. The summed E-state index contributed by atoms with van der Waals surface area (Å²) in [7, 11) is 0. The summed E-state index contributed by atoms with van der Waals surface area (Å²) in [6.45, 7) is 7.11. The molecule has 6 heteroatoms. The molecule has 0 aliphatic carbocycles. The molecule has 0 heterocycles. The van der Waals surface area contributed by atoms with E-state index in [0.29, 0.717) is 48.4 Å². The number of hydrogen-bond donors (Lipinski definition) is 2. The molecule has 0 saturated carbocycles. The Labute approximate surface area is 148 Å². The van der Waals surface area contributed by atoms with Crippen molar-refractivity contribution < 1.29 is 19.0 Å². The summed E-state index contributed by atoms with van der Waals surface area (Å²) < 4.78 is 16.9. The van der Waals surface area contributed by atoms with Crippen molar-refractivity contribution in [2.24, 2.45) is 0 Å². The second kappa shape index (κ2) is 9.42. The van der Waals surface area contributed by atoms with E-state index in [0.717, 1.165) is 0 Å². The highest BCUT2D eigenvalue weighted by Gasteiger charge is 2.16. The van der Waals surface area contributed by atoms with Crippen LogP contribution in [-0.4, -0.2) is 25.9 Å². The van der Waals surface area contributed by atoms with Gasteiger partial charge in [0.2, 0.25) is 5.75 Å². The fourth-order valence-electron chi connectivity index (χ4n) is 2.28. The number of para-hydroxylation sites is 1. The molecule has 2 N–H and O–H groups in total. The van der Waals surface area contributed by atoms with Crippen molar-refractivity contribution >= 4 is 17.4 Å². The van der Waals surface area contributed by atoms with Crippen LogP contribution in [0, 0.1) is 0 Å². The van der Waals surface area contributed by atoms with Gasteiger partial charge >= 0.3 is 6.03 Å². The molecular weight excluding hydrogens is 320 g/mol. The first-order valence-corrected chi connectivity index (χ1v) is 8.37. The van der Waals surface area contributed by atoms with E-state index in [4.69, 9.17) is 14.2 Å². The molecule has 0 saturated heterocycles. The molecule has 0 fully saturated rings. The van der Waals surface area contributed by atoms with Crippen LogP contribution < -0.4 is 24.8 Å².